The summed E-state index contributed by atoms with van der Waals surface area (Å²) < 4.78 is 5.82. The first-order valence-electron chi connectivity index (χ1n) is 4.38. The summed E-state index contributed by atoms with van der Waals surface area (Å²) in [7, 11) is -1.22. The molecule has 0 aliphatic carbocycles. The zero-order valence-electron chi connectivity index (χ0n) is 9.74. The molecule has 0 bridgehead atoms. The van der Waals surface area contributed by atoms with Crippen molar-refractivity contribution >= 4 is 8.32 Å². The second kappa shape index (κ2) is 7.42. The van der Waals surface area contributed by atoms with Gasteiger partial charge < -0.3 is 5.85 Å². The SMILES string of the molecule is CCO[Si](CC)(CC)CC.[H-].[Li+]. The Labute approximate surface area is 85.7 Å². The molecule has 0 spiro atoms. The van der Waals surface area contributed by atoms with Gasteiger partial charge in [0.15, 0.2) is 8.32 Å². The maximum absolute atomic E-state index is 5.82. The van der Waals surface area contributed by atoms with Crippen LogP contribution < -0.4 is 18.9 Å². The van der Waals surface area contributed by atoms with Crippen molar-refractivity contribution in [3.63, 3.8) is 0 Å². The summed E-state index contributed by atoms with van der Waals surface area (Å²) in [6, 6.07) is 3.82. The molecule has 0 radical (unpaired) electrons. The van der Waals surface area contributed by atoms with Crippen LogP contribution in [0.25, 0.3) is 0 Å². The average Bonchev–Trinajstić information content (AvgIpc) is 2.01. The van der Waals surface area contributed by atoms with Crippen LogP contribution in [0.3, 0.4) is 0 Å². The van der Waals surface area contributed by atoms with E-state index in [1.54, 1.807) is 0 Å². The largest absolute Gasteiger partial charge is 1.00 e. The van der Waals surface area contributed by atoms with Crippen LogP contribution in [0.2, 0.25) is 18.1 Å². The van der Waals surface area contributed by atoms with Crippen molar-refractivity contribution in [2.75, 3.05) is 6.61 Å². The van der Waals surface area contributed by atoms with E-state index in [1.165, 1.54) is 18.1 Å². The zero-order valence-corrected chi connectivity index (χ0v) is 9.74. The second-order valence-corrected chi connectivity index (χ2v) is 7.45. The van der Waals surface area contributed by atoms with Crippen LogP contribution in [0.1, 0.15) is 29.1 Å². The van der Waals surface area contributed by atoms with Crippen molar-refractivity contribution in [3.05, 3.63) is 0 Å². The molecular weight excluding hydrogens is 147 g/mol. The fraction of sp³-hybridized carbons (Fsp3) is 1.00. The van der Waals surface area contributed by atoms with Gasteiger partial charge in [-0.3, -0.25) is 0 Å². The van der Waals surface area contributed by atoms with Crippen LogP contribution in [0.4, 0.5) is 0 Å². The van der Waals surface area contributed by atoms with E-state index in [2.05, 4.69) is 27.7 Å². The summed E-state index contributed by atoms with van der Waals surface area (Å²) >= 11 is 0. The minimum atomic E-state index is -1.22. The van der Waals surface area contributed by atoms with Gasteiger partial charge in [0.25, 0.3) is 0 Å². The van der Waals surface area contributed by atoms with E-state index >= 15 is 0 Å². The maximum atomic E-state index is 5.82. The van der Waals surface area contributed by atoms with Crippen LogP contribution in [0.15, 0.2) is 0 Å². The van der Waals surface area contributed by atoms with Gasteiger partial charge in [0.05, 0.1) is 0 Å². The normalized spacial score (nSPS) is 10.9. The van der Waals surface area contributed by atoms with Crippen LogP contribution in [-0.4, -0.2) is 14.9 Å². The molecule has 0 aliphatic rings. The molecule has 0 aromatic heterocycles. The standard InChI is InChI=1S/C8H20OSi.Li.H/c1-5-9-10(6-2,7-3)8-4;;/h5-8H2,1-4H3;;/q;+1;-1. The molecule has 0 saturated heterocycles. The van der Waals surface area contributed by atoms with Gasteiger partial charge in [0.2, 0.25) is 0 Å². The second-order valence-electron chi connectivity index (χ2n) is 2.68. The summed E-state index contributed by atoms with van der Waals surface area (Å²) in [5, 5.41) is 0. The maximum Gasteiger partial charge on any atom is 1.00 e. The molecular formula is C8H21LiOSi. The third kappa shape index (κ3) is 4.37. The van der Waals surface area contributed by atoms with E-state index in [-0.39, 0.29) is 20.3 Å². The van der Waals surface area contributed by atoms with E-state index in [0.29, 0.717) is 0 Å². The molecule has 0 rings (SSSR count). The molecule has 11 heavy (non-hydrogen) atoms. The minimum Gasteiger partial charge on any atom is -1.00 e. The van der Waals surface area contributed by atoms with Gasteiger partial charge in [-0.2, -0.15) is 0 Å². The molecule has 0 N–H and O–H groups in total. The monoisotopic (exact) mass is 168 g/mol. The molecule has 0 aliphatic heterocycles. The molecule has 0 aromatic carbocycles. The smallest absolute Gasteiger partial charge is 1.00 e. The third-order valence-corrected chi connectivity index (χ3v) is 7.15. The Balaban J connectivity index is -0.000000405. The predicted molar refractivity (Wildman–Crippen MR) is 49.9 cm³/mol. The van der Waals surface area contributed by atoms with E-state index in [1.807, 2.05) is 0 Å². The molecule has 0 unspecified atom stereocenters. The average molecular weight is 168 g/mol. The van der Waals surface area contributed by atoms with Crippen LogP contribution in [-0.2, 0) is 4.43 Å². The van der Waals surface area contributed by atoms with Crippen LogP contribution in [0.5, 0.6) is 0 Å². The fourth-order valence-corrected chi connectivity index (χ4v) is 4.09. The van der Waals surface area contributed by atoms with Gasteiger partial charge >= 0.3 is 18.9 Å². The van der Waals surface area contributed by atoms with E-state index in [0.717, 1.165) is 6.61 Å². The Morgan fingerprint density at radius 3 is 1.45 bits per heavy atom. The zero-order chi connectivity index (χ0) is 8.04. The van der Waals surface area contributed by atoms with Crippen molar-refractivity contribution in [1.29, 1.82) is 0 Å². The third-order valence-electron chi connectivity index (χ3n) is 2.38. The molecule has 0 heterocycles. The van der Waals surface area contributed by atoms with E-state index < -0.39 is 8.32 Å². The van der Waals surface area contributed by atoms with Crippen LogP contribution >= 0.6 is 0 Å². The molecule has 0 fully saturated rings. The summed E-state index contributed by atoms with van der Waals surface area (Å²) in [4.78, 5) is 0. The quantitative estimate of drug-likeness (QED) is 0.531. The molecule has 1 nitrogen and oxygen atoms in total. The van der Waals surface area contributed by atoms with Crippen molar-refractivity contribution in [1.82, 2.24) is 0 Å². The Kier molecular flexibility index (Phi) is 9.66. The van der Waals surface area contributed by atoms with Gasteiger partial charge in [-0.15, -0.1) is 0 Å². The molecule has 0 saturated carbocycles. The molecule has 0 atom stereocenters. The predicted octanol–water partition coefficient (Wildman–Crippen LogP) is 0.145. The first kappa shape index (κ1) is 14.3. The molecule has 0 aromatic rings. The van der Waals surface area contributed by atoms with Crippen molar-refractivity contribution < 1.29 is 24.7 Å². The van der Waals surface area contributed by atoms with Crippen molar-refractivity contribution in [2.45, 2.75) is 45.8 Å². The number of hydrogen-bond acceptors (Lipinski definition) is 1. The Morgan fingerprint density at radius 2 is 1.36 bits per heavy atom. The summed E-state index contributed by atoms with van der Waals surface area (Å²) in [6.45, 7) is 9.78. The van der Waals surface area contributed by atoms with Gasteiger partial charge in [0.1, 0.15) is 0 Å². The van der Waals surface area contributed by atoms with E-state index in [4.69, 9.17) is 4.43 Å². The first-order chi connectivity index (χ1) is 4.74. The molecule has 0 amide bonds. The van der Waals surface area contributed by atoms with Gasteiger partial charge in [-0.1, -0.05) is 20.8 Å². The Morgan fingerprint density at radius 1 is 1.00 bits per heavy atom. The topological polar surface area (TPSA) is 9.23 Å². The van der Waals surface area contributed by atoms with Crippen molar-refractivity contribution in [3.8, 4) is 0 Å². The first-order valence-corrected chi connectivity index (χ1v) is 6.91. The summed E-state index contributed by atoms with van der Waals surface area (Å²) in [5.74, 6) is 0. The number of rotatable bonds is 5. The summed E-state index contributed by atoms with van der Waals surface area (Å²) in [6.07, 6.45) is 0. The fourth-order valence-electron chi connectivity index (χ4n) is 1.36. The van der Waals surface area contributed by atoms with Crippen LogP contribution in [0, 0.1) is 0 Å². The van der Waals surface area contributed by atoms with Crippen molar-refractivity contribution in [2.24, 2.45) is 0 Å². The van der Waals surface area contributed by atoms with E-state index in [9.17, 15) is 0 Å². The Hall–Kier alpha value is 0.774. The molecule has 3 heteroatoms. The van der Waals surface area contributed by atoms with Gasteiger partial charge in [-0.05, 0) is 25.1 Å². The Bertz CT molecular complexity index is 80.9. The molecule has 64 valence electrons. The number of hydrogen-bond donors (Lipinski definition) is 0. The van der Waals surface area contributed by atoms with Gasteiger partial charge in [0, 0.05) is 6.61 Å². The minimum absolute atomic E-state index is 0. The summed E-state index contributed by atoms with van der Waals surface area (Å²) in [5.41, 5.74) is 0. The van der Waals surface area contributed by atoms with Gasteiger partial charge in [-0.25, -0.2) is 0 Å².